The molecule has 2 amide bonds. The quantitative estimate of drug-likeness (QED) is 0.308. The molecule has 0 spiro atoms. The van der Waals surface area contributed by atoms with Crippen LogP contribution in [0.2, 0.25) is 5.02 Å². The first-order chi connectivity index (χ1) is 18.1. The molecular weight excluding hydrogens is 510 g/mol. The Balaban J connectivity index is 1.64. The first-order valence-corrected chi connectivity index (χ1v) is 13.2. The molecule has 0 bridgehead atoms. The van der Waals surface area contributed by atoms with Gasteiger partial charge in [0.1, 0.15) is 5.60 Å². The van der Waals surface area contributed by atoms with E-state index in [0.717, 1.165) is 12.8 Å². The van der Waals surface area contributed by atoms with Gasteiger partial charge in [-0.1, -0.05) is 41.1 Å². The van der Waals surface area contributed by atoms with Crippen molar-refractivity contribution in [3.05, 3.63) is 58.7 Å². The van der Waals surface area contributed by atoms with E-state index in [9.17, 15) is 14.4 Å². The van der Waals surface area contributed by atoms with Gasteiger partial charge in [0, 0.05) is 37.6 Å². The Morgan fingerprint density at radius 1 is 1.03 bits per heavy atom. The van der Waals surface area contributed by atoms with Crippen molar-refractivity contribution in [1.29, 1.82) is 0 Å². The summed E-state index contributed by atoms with van der Waals surface area (Å²) in [5.41, 5.74) is 0.914. The number of hydrogen-bond donors (Lipinski definition) is 0. The monoisotopic (exact) mass is 545 g/mol. The number of halogens is 1. The van der Waals surface area contributed by atoms with Gasteiger partial charge in [0.15, 0.2) is 6.61 Å². The Bertz CT molecular complexity index is 1080. The first-order valence-electron chi connectivity index (χ1n) is 12.8. The van der Waals surface area contributed by atoms with Crippen molar-refractivity contribution in [3.63, 3.8) is 0 Å². The van der Waals surface area contributed by atoms with Gasteiger partial charge in [-0.15, -0.1) is 0 Å². The van der Waals surface area contributed by atoms with Crippen LogP contribution in [0.1, 0.15) is 56.0 Å². The highest BCUT2D eigenvalue weighted by Gasteiger charge is 2.28. The molecule has 2 aliphatic rings. The third-order valence-electron chi connectivity index (χ3n) is 5.85. The molecule has 0 unspecified atom stereocenters. The summed E-state index contributed by atoms with van der Waals surface area (Å²) in [7, 11) is 0. The molecule has 1 aromatic rings. The van der Waals surface area contributed by atoms with Crippen LogP contribution in [0.4, 0.5) is 4.79 Å². The summed E-state index contributed by atoms with van der Waals surface area (Å²) in [6.45, 7) is 7.04. The summed E-state index contributed by atoms with van der Waals surface area (Å²) in [6.07, 6.45) is 9.97. The second-order valence-corrected chi connectivity index (χ2v) is 10.4. The van der Waals surface area contributed by atoms with Crippen LogP contribution in [0.25, 0.3) is 0 Å². The zero-order chi connectivity index (χ0) is 27.5. The van der Waals surface area contributed by atoms with Crippen LogP contribution in [0.3, 0.4) is 0 Å². The Morgan fingerprint density at radius 3 is 2.45 bits per heavy atom. The normalized spacial score (nSPS) is 20.1. The third kappa shape index (κ3) is 9.20. The molecule has 0 atom stereocenters. The Hall–Kier alpha value is -3.33. The van der Waals surface area contributed by atoms with E-state index in [2.05, 4.69) is 5.16 Å². The number of allylic oxidation sites excluding steroid dienone is 3. The number of rotatable bonds is 3. The lowest BCUT2D eigenvalue weighted by Crippen LogP contribution is -2.52. The second kappa shape index (κ2) is 14.0. The number of carbonyl (C=O) groups excluding carboxylic acids is 3. The highest BCUT2D eigenvalue weighted by atomic mass is 35.5. The lowest BCUT2D eigenvalue weighted by Gasteiger charge is -2.35. The zero-order valence-corrected chi connectivity index (χ0v) is 23.0. The Morgan fingerprint density at radius 2 is 1.71 bits per heavy atom. The van der Waals surface area contributed by atoms with E-state index in [4.69, 9.17) is 25.9 Å². The van der Waals surface area contributed by atoms with Crippen molar-refractivity contribution in [3.8, 4) is 0 Å². The number of carbonyl (C=O) groups is 3. The molecule has 38 heavy (non-hydrogen) atoms. The maximum Gasteiger partial charge on any atom is 0.410 e. The highest BCUT2D eigenvalue weighted by Crippen LogP contribution is 2.23. The summed E-state index contributed by atoms with van der Waals surface area (Å²) in [6, 6.07) is 5.09. The van der Waals surface area contributed by atoms with Gasteiger partial charge >= 0.3 is 12.1 Å². The summed E-state index contributed by atoms with van der Waals surface area (Å²) in [5.74, 6) is -0.673. The van der Waals surface area contributed by atoms with Crippen LogP contribution in [0.5, 0.6) is 0 Å². The van der Waals surface area contributed by atoms with E-state index in [-0.39, 0.29) is 31.6 Å². The number of benzene rings is 1. The van der Waals surface area contributed by atoms with Crippen molar-refractivity contribution in [2.75, 3.05) is 39.4 Å². The number of oxime groups is 1. The minimum Gasteiger partial charge on any atom is -0.462 e. The minimum absolute atomic E-state index is 0.227. The van der Waals surface area contributed by atoms with Crippen molar-refractivity contribution in [1.82, 2.24) is 9.80 Å². The fourth-order valence-electron chi connectivity index (χ4n) is 3.90. The molecule has 1 aromatic carbocycles. The van der Waals surface area contributed by atoms with E-state index in [0.29, 0.717) is 54.5 Å². The fourth-order valence-corrected chi connectivity index (χ4v) is 4.15. The predicted octanol–water partition coefficient (Wildman–Crippen LogP) is 4.79. The maximum absolute atomic E-state index is 12.7. The molecule has 9 nitrogen and oxygen atoms in total. The summed E-state index contributed by atoms with van der Waals surface area (Å²) >= 11 is 6.44. The lowest BCUT2D eigenvalue weighted by atomic mass is 10.0. The van der Waals surface area contributed by atoms with Gasteiger partial charge in [-0.2, -0.15) is 0 Å². The number of esters is 1. The average Bonchev–Trinajstić information content (AvgIpc) is 2.87. The van der Waals surface area contributed by atoms with Gasteiger partial charge < -0.3 is 24.1 Å². The van der Waals surface area contributed by atoms with Crippen LogP contribution in [-0.2, 0) is 25.5 Å². The van der Waals surface area contributed by atoms with Crippen molar-refractivity contribution >= 4 is 35.3 Å². The lowest BCUT2D eigenvalue weighted by molar-refractivity contribution is -0.137. The zero-order valence-electron chi connectivity index (χ0n) is 22.3. The minimum atomic E-state index is -0.570. The van der Waals surface area contributed by atoms with Crippen LogP contribution in [0.15, 0.2) is 47.7 Å². The number of piperazine rings is 1. The smallest absolute Gasteiger partial charge is 0.410 e. The van der Waals surface area contributed by atoms with Crippen LogP contribution in [0, 0.1) is 0 Å². The molecule has 1 saturated heterocycles. The van der Waals surface area contributed by atoms with E-state index in [1.165, 1.54) is 0 Å². The standard InChI is InChI=1S/C28H36ClN3O6/c1-28(2,3)38-27(35)32-16-14-31(15-17-32)25(33)20-37-30-21-11-8-6-4-5-7-9-18-36-26(34)22-12-10-13-24(29)23(22)19-21/h5,7-8,10-13H,4,6,9,14-20H2,1-3H3/b7-5+,11-8+,30-21-. The average molecular weight is 546 g/mol. The molecule has 0 aromatic heterocycles. The van der Waals surface area contributed by atoms with Crippen LogP contribution in [-0.4, -0.2) is 78.5 Å². The van der Waals surface area contributed by atoms with E-state index < -0.39 is 11.6 Å². The predicted molar refractivity (Wildman–Crippen MR) is 145 cm³/mol. The van der Waals surface area contributed by atoms with E-state index in [1.807, 2.05) is 45.1 Å². The number of fused-ring (bicyclic) bond motifs is 1. The van der Waals surface area contributed by atoms with E-state index >= 15 is 0 Å². The van der Waals surface area contributed by atoms with E-state index in [1.54, 1.807) is 28.0 Å². The topological polar surface area (TPSA) is 97.7 Å². The number of hydrogen-bond acceptors (Lipinski definition) is 7. The summed E-state index contributed by atoms with van der Waals surface area (Å²) < 4.78 is 10.8. The molecular formula is C28H36ClN3O6. The Kier molecular flexibility index (Phi) is 10.8. The molecule has 0 N–H and O–H groups in total. The highest BCUT2D eigenvalue weighted by molar-refractivity contribution is 6.32. The van der Waals surface area contributed by atoms with Gasteiger partial charge in [0.05, 0.1) is 17.9 Å². The number of nitrogens with zero attached hydrogens (tertiary/aromatic N) is 3. The van der Waals surface area contributed by atoms with Gasteiger partial charge in [-0.25, -0.2) is 9.59 Å². The maximum atomic E-state index is 12.7. The second-order valence-electron chi connectivity index (χ2n) is 10.0. The molecule has 0 saturated carbocycles. The van der Waals surface area contributed by atoms with Crippen LogP contribution >= 0.6 is 11.6 Å². The number of ether oxygens (including phenoxy) is 2. The van der Waals surface area contributed by atoms with Crippen molar-refractivity contribution in [2.45, 2.75) is 52.1 Å². The Labute approximate surface area is 229 Å². The third-order valence-corrected chi connectivity index (χ3v) is 6.20. The van der Waals surface area contributed by atoms with Gasteiger partial charge in [-0.05, 0) is 63.8 Å². The molecule has 2 heterocycles. The molecule has 0 radical (unpaired) electrons. The molecule has 0 aliphatic carbocycles. The molecule has 2 aliphatic heterocycles. The number of amides is 2. The van der Waals surface area contributed by atoms with Gasteiger partial charge in [0.25, 0.3) is 5.91 Å². The van der Waals surface area contributed by atoms with Crippen LogP contribution < -0.4 is 0 Å². The largest absolute Gasteiger partial charge is 0.462 e. The molecule has 3 rings (SSSR count). The molecule has 10 heteroatoms. The number of cyclic esters (lactones) is 1. The first kappa shape index (κ1) is 29.2. The van der Waals surface area contributed by atoms with Crippen molar-refractivity contribution < 1.29 is 28.7 Å². The van der Waals surface area contributed by atoms with Gasteiger partial charge in [-0.3, -0.25) is 4.79 Å². The molecule has 1 fully saturated rings. The van der Waals surface area contributed by atoms with Crippen molar-refractivity contribution in [2.24, 2.45) is 5.16 Å². The summed E-state index contributed by atoms with van der Waals surface area (Å²) in [5, 5.41) is 4.63. The molecule has 206 valence electrons. The fraction of sp³-hybridized carbons (Fsp3) is 0.500. The summed E-state index contributed by atoms with van der Waals surface area (Å²) in [4.78, 5) is 46.3. The van der Waals surface area contributed by atoms with Gasteiger partial charge in [0.2, 0.25) is 0 Å². The SMILES string of the molecule is CC(C)(C)OC(=O)N1CCN(C(=O)CO/N=C2/C=C/CC/C=C/CCOC(=O)c3cccc(Cl)c3C2)CC1.